The Kier molecular flexibility index (Phi) is 19.3. The molecule has 1 aromatic carbocycles. The molecule has 0 bridgehead atoms. The molecule has 2 rings (SSSR count). The van der Waals surface area contributed by atoms with E-state index in [1.807, 2.05) is 18.2 Å². The van der Waals surface area contributed by atoms with Crippen molar-refractivity contribution in [3.8, 4) is 0 Å². The van der Waals surface area contributed by atoms with Gasteiger partial charge in [-0.05, 0) is 30.2 Å². The first-order valence-electron chi connectivity index (χ1n) is 10.9. The number of hydrogen-bond acceptors (Lipinski definition) is 2. The van der Waals surface area contributed by atoms with Crippen LogP contribution in [-0.2, 0) is 37.7 Å². The van der Waals surface area contributed by atoms with Gasteiger partial charge in [-0.3, -0.25) is 9.59 Å². The monoisotopic (exact) mass is 450 g/mol. The molecule has 0 heterocycles. The molecular weight excluding hydrogens is 408 g/mol. The molecule has 2 amide bonds. The number of benzene rings is 1. The predicted octanol–water partition coefficient (Wildman–Crippen LogP) is 5.13. The van der Waals surface area contributed by atoms with Crippen LogP contribution in [0.25, 0.3) is 0 Å². The third-order valence-corrected chi connectivity index (χ3v) is 5.16. The summed E-state index contributed by atoms with van der Waals surface area (Å²) in [5.74, 6) is 0.218. The second kappa shape index (κ2) is 18.6. The van der Waals surface area contributed by atoms with Crippen molar-refractivity contribution < 1.29 is 31.3 Å². The zero-order valence-corrected chi connectivity index (χ0v) is 21.0. The van der Waals surface area contributed by atoms with Gasteiger partial charge in [-0.15, -0.1) is 0 Å². The van der Waals surface area contributed by atoms with E-state index in [1.165, 1.54) is 18.4 Å². The Hall–Kier alpha value is -1.13. The van der Waals surface area contributed by atoms with Crippen molar-refractivity contribution in [2.75, 3.05) is 0 Å². The molecule has 2 unspecified atom stereocenters. The maximum Gasteiger partial charge on any atom is 2.00 e. The van der Waals surface area contributed by atoms with Crippen molar-refractivity contribution in [1.82, 2.24) is 10.6 Å². The van der Waals surface area contributed by atoms with Crippen LogP contribution in [0.4, 0.5) is 0 Å². The SMILES string of the molecule is CC1(C)CC(NC=O)C(Cc2ccccc2)C(NC=O)C1.[CH2-]CCC.[CH2-]CCC.[Ti+2]. The summed E-state index contributed by atoms with van der Waals surface area (Å²) in [5, 5.41) is 5.92. The number of unbranched alkanes of at least 4 members (excludes halogenated alkanes) is 2. The summed E-state index contributed by atoms with van der Waals surface area (Å²) >= 11 is 0. The Balaban J connectivity index is 0. The molecule has 0 radical (unpaired) electrons. The third kappa shape index (κ3) is 13.2. The van der Waals surface area contributed by atoms with Gasteiger partial charge in [0.25, 0.3) is 0 Å². The quantitative estimate of drug-likeness (QED) is 0.328. The summed E-state index contributed by atoms with van der Waals surface area (Å²) in [6, 6.07) is 10.4. The van der Waals surface area contributed by atoms with Gasteiger partial charge in [0.2, 0.25) is 12.8 Å². The van der Waals surface area contributed by atoms with Crippen molar-refractivity contribution in [1.29, 1.82) is 0 Å². The molecule has 2 N–H and O–H groups in total. The average molecular weight is 450 g/mol. The summed E-state index contributed by atoms with van der Waals surface area (Å²) in [6.45, 7) is 15.8. The molecule has 0 spiro atoms. The van der Waals surface area contributed by atoms with Gasteiger partial charge < -0.3 is 24.5 Å². The van der Waals surface area contributed by atoms with Crippen LogP contribution in [0, 0.1) is 25.2 Å². The van der Waals surface area contributed by atoms with Crippen molar-refractivity contribution in [2.24, 2.45) is 11.3 Å². The third-order valence-electron chi connectivity index (χ3n) is 5.16. The zero-order valence-electron chi connectivity index (χ0n) is 19.5. The Morgan fingerprint density at radius 3 is 1.67 bits per heavy atom. The Labute approximate surface area is 200 Å². The van der Waals surface area contributed by atoms with Gasteiger partial charge in [0.15, 0.2) is 0 Å². The summed E-state index contributed by atoms with van der Waals surface area (Å²) in [5.41, 5.74) is 1.34. The second-order valence-electron chi connectivity index (χ2n) is 8.42. The number of hydrogen-bond donors (Lipinski definition) is 2. The van der Waals surface area contributed by atoms with Crippen LogP contribution >= 0.6 is 0 Å². The number of rotatable bonds is 8. The number of amides is 2. The van der Waals surface area contributed by atoms with E-state index in [9.17, 15) is 9.59 Å². The molecule has 1 aliphatic carbocycles. The smallest absolute Gasteiger partial charge is 0.356 e. The molecule has 1 fully saturated rings. The first-order valence-corrected chi connectivity index (χ1v) is 10.9. The summed E-state index contributed by atoms with van der Waals surface area (Å²) in [7, 11) is 0. The van der Waals surface area contributed by atoms with Gasteiger partial charge in [-0.25, -0.2) is 0 Å². The summed E-state index contributed by atoms with van der Waals surface area (Å²) < 4.78 is 0. The minimum atomic E-state index is 0. The number of carbonyl (C=O) groups excluding carboxylic acids is 2. The summed E-state index contributed by atoms with van der Waals surface area (Å²) in [4.78, 5) is 21.9. The number of nitrogens with one attached hydrogen (secondary N) is 2. The minimum absolute atomic E-state index is 0. The second-order valence-corrected chi connectivity index (χ2v) is 8.42. The van der Waals surface area contributed by atoms with Crippen LogP contribution in [0.15, 0.2) is 30.3 Å². The van der Waals surface area contributed by atoms with Crippen LogP contribution < -0.4 is 10.6 Å². The molecule has 1 aliphatic rings. The van der Waals surface area contributed by atoms with Crippen LogP contribution in [0.1, 0.15) is 71.8 Å². The molecule has 0 saturated heterocycles. The van der Waals surface area contributed by atoms with Crippen LogP contribution in [0.2, 0.25) is 0 Å². The van der Waals surface area contributed by atoms with Crippen molar-refractivity contribution >= 4 is 12.8 Å². The standard InChI is InChI=1S/C17H24N2O2.2C4H9.Ti/c1-17(2)9-15(18-11-20)14(16(10-17)19-12-21)8-13-6-4-3-5-7-13;2*1-3-4-2;/h3-7,11-12,14-16H,8-10H2,1-2H3,(H,18,20)(H,19,21);2*1,3-4H2,2H3;/q;2*-1;+2. The van der Waals surface area contributed by atoms with Crippen molar-refractivity contribution in [2.45, 2.75) is 84.7 Å². The molecular formula is C25H42N2O2Ti. The molecule has 4 nitrogen and oxygen atoms in total. The van der Waals surface area contributed by atoms with Crippen LogP contribution in [0.5, 0.6) is 0 Å². The molecule has 1 saturated carbocycles. The topological polar surface area (TPSA) is 58.2 Å². The van der Waals surface area contributed by atoms with Gasteiger partial charge in [-0.2, -0.15) is 12.8 Å². The van der Waals surface area contributed by atoms with Crippen LogP contribution in [-0.4, -0.2) is 24.9 Å². The van der Waals surface area contributed by atoms with Gasteiger partial charge >= 0.3 is 21.7 Å². The molecule has 168 valence electrons. The average Bonchev–Trinajstić information content (AvgIpc) is 2.71. The maximum absolute atomic E-state index is 10.9. The summed E-state index contributed by atoms with van der Waals surface area (Å²) in [6.07, 6.45) is 8.83. The van der Waals surface area contributed by atoms with E-state index in [-0.39, 0.29) is 45.1 Å². The van der Waals surface area contributed by atoms with E-state index in [0.29, 0.717) is 0 Å². The zero-order chi connectivity index (χ0) is 22.1. The first kappa shape index (κ1) is 31.1. The van der Waals surface area contributed by atoms with Gasteiger partial charge in [0.05, 0.1) is 0 Å². The van der Waals surface area contributed by atoms with E-state index < -0.39 is 0 Å². The van der Waals surface area contributed by atoms with Crippen molar-refractivity contribution in [3.63, 3.8) is 0 Å². The fraction of sp³-hybridized carbons (Fsp3) is 0.600. The van der Waals surface area contributed by atoms with Crippen LogP contribution in [0.3, 0.4) is 0 Å². The fourth-order valence-corrected chi connectivity index (χ4v) is 3.57. The molecule has 0 aliphatic heterocycles. The van der Waals surface area contributed by atoms with E-state index >= 15 is 0 Å². The van der Waals surface area contributed by atoms with E-state index in [0.717, 1.165) is 44.9 Å². The minimum Gasteiger partial charge on any atom is -0.356 e. The fourth-order valence-electron chi connectivity index (χ4n) is 3.57. The maximum atomic E-state index is 10.9. The normalized spacial score (nSPS) is 21.3. The van der Waals surface area contributed by atoms with E-state index in [4.69, 9.17) is 0 Å². The number of carbonyl (C=O) groups is 2. The molecule has 0 aromatic heterocycles. The Morgan fingerprint density at radius 2 is 1.33 bits per heavy atom. The predicted molar refractivity (Wildman–Crippen MR) is 123 cm³/mol. The Morgan fingerprint density at radius 1 is 0.933 bits per heavy atom. The van der Waals surface area contributed by atoms with E-state index in [1.54, 1.807) is 0 Å². The molecule has 1 aromatic rings. The molecule has 2 atom stereocenters. The van der Waals surface area contributed by atoms with Gasteiger partial charge in [-0.1, -0.05) is 70.9 Å². The van der Waals surface area contributed by atoms with Crippen molar-refractivity contribution in [3.05, 3.63) is 49.7 Å². The van der Waals surface area contributed by atoms with E-state index in [2.05, 4.69) is 64.3 Å². The molecule has 30 heavy (non-hydrogen) atoms. The largest absolute Gasteiger partial charge is 2.00 e. The first-order chi connectivity index (χ1) is 13.9. The van der Waals surface area contributed by atoms with Gasteiger partial charge in [0, 0.05) is 18.0 Å². The Bertz CT molecular complexity index is 507. The van der Waals surface area contributed by atoms with Gasteiger partial charge in [0.1, 0.15) is 0 Å². The molecule has 5 heteroatoms.